The van der Waals surface area contributed by atoms with Gasteiger partial charge in [-0.05, 0) is 0 Å². The summed E-state index contributed by atoms with van der Waals surface area (Å²) in [5.74, 6) is 0. The predicted molar refractivity (Wildman–Crippen MR) is 34.9 cm³/mol. The van der Waals surface area contributed by atoms with Gasteiger partial charge in [0.1, 0.15) is 0 Å². The average molecular weight is 216 g/mol. The zero-order valence-corrected chi connectivity index (χ0v) is 5.08. The van der Waals surface area contributed by atoms with Crippen LogP contribution >= 0.6 is 0 Å². The van der Waals surface area contributed by atoms with Gasteiger partial charge in [-0.25, -0.2) is 0 Å². The van der Waals surface area contributed by atoms with Crippen molar-refractivity contribution in [2.45, 2.75) is 0 Å². The van der Waals surface area contributed by atoms with Gasteiger partial charge in [-0.3, -0.25) is 0 Å². The molecule has 0 aromatic rings. The summed E-state index contributed by atoms with van der Waals surface area (Å²) in [6.07, 6.45) is 0. The van der Waals surface area contributed by atoms with Crippen LogP contribution in [0.15, 0.2) is 0 Å². The van der Waals surface area contributed by atoms with Crippen molar-refractivity contribution in [3.8, 4) is 0 Å². The summed E-state index contributed by atoms with van der Waals surface area (Å²) in [6, 6.07) is 0. The average Bonchev–Trinajstić information content (AvgIpc) is 1.00. The summed E-state index contributed by atoms with van der Waals surface area (Å²) in [4.78, 5) is 0. The molecule has 0 rings (SSSR count). The summed E-state index contributed by atoms with van der Waals surface area (Å²) in [6.45, 7) is 0. The third-order valence-corrected chi connectivity index (χ3v) is 0. The van der Waals surface area contributed by atoms with Crippen molar-refractivity contribution in [1.82, 2.24) is 0 Å². The Morgan fingerprint density at radius 3 is 1.00 bits per heavy atom. The van der Waals surface area contributed by atoms with Crippen molar-refractivity contribution in [2.75, 3.05) is 0 Å². The van der Waals surface area contributed by atoms with E-state index in [4.69, 9.17) is 3.57 Å². The minimum atomic E-state index is 0. The first-order valence-corrected chi connectivity index (χ1v) is 1.50. The second-order valence-electron chi connectivity index (χ2n) is 0. The Hall–Kier alpha value is 2.90. The van der Waals surface area contributed by atoms with Crippen molar-refractivity contribution < 1.29 is 32.8 Å². The van der Waals surface area contributed by atoms with Gasteiger partial charge in [0.25, 0.3) is 0 Å². The number of hydrogen-bond donors (Lipinski definition) is 0. The summed E-state index contributed by atoms with van der Waals surface area (Å²) >= 11 is 0.125. The molecule has 0 aromatic heterocycles. The molecule has 0 saturated carbocycles. The van der Waals surface area contributed by atoms with Crippen LogP contribution in [0.2, 0.25) is 0 Å². The summed E-state index contributed by atoms with van der Waals surface area (Å²) < 4.78 is 8.38. The fraction of sp³-hybridized carbons (Fsp3) is 0. The van der Waals surface area contributed by atoms with Gasteiger partial charge < -0.3 is 11.0 Å². The Kier molecular flexibility index (Phi) is 486. The fourth-order valence-electron chi connectivity index (χ4n) is 0. The van der Waals surface area contributed by atoms with E-state index in [2.05, 4.69) is 0 Å². The van der Waals surface area contributed by atoms with E-state index in [9.17, 15) is 0 Å². The molecule has 0 aliphatic carbocycles. The Morgan fingerprint density at radius 1 is 1.00 bits per heavy atom. The van der Waals surface area contributed by atoms with E-state index in [1.54, 1.807) is 0 Å². The standard InChI is InChI=1S/Al.Ca.Mg.2H2O.O.Zn.7H/h;;;2*1H2;;;;;;;;;. The van der Waals surface area contributed by atoms with Crippen LogP contribution in [0.25, 0.3) is 0 Å². The molecular formula is H11AlCaMgO3Zn. The molecule has 0 spiro atoms. The van der Waals surface area contributed by atoms with Crippen LogP contribution in [0.1, 0.15) is 0 Å². The summed E-state index contributed by atoms with van der Waals surface area (Å²) in [7, 11) is 0. The van der Waals surface area contributed by atoms with E-state index in [1.807, 2.05) is 0 Å². The molecule has 0 heterocycles. The van der Waals surface area contributed by atoms with Gasteiger partial charge in [0.15, 0.2) is 17.4 Å². The molecular weight excluding hydrogens is 205 g/mol. The molecule has 0 saturated heterocycles. The second kappa shape index (κ2) is 66.0. The van der Waals surface area contributed by atoms with Gasteiger partial charge in [-0.1, -0.05) is 0 Å². The summed E-state index contributed by atoms with van der Waals surface area (Å²) in [5.41, 5.74) is 0. The van der Waals surface area contributed by atoms with Crippen LogP contribution < -0.4 is 0 Å². The monoisotopic (exact) mass is 214 g/mol. The fourth-order valence-corrected chi connectivity index (χ4v) is 0. The van der Waals surface area contributed by atoms with Gasteiger partial charge in [0.2, 0.25) is 0 Å². The first kappa shape index (κ1) is 51.5. The van der Waals surface area contributed by atoms with Crippen LogP contribution in [-0.4, -0.2) is 89.1 Å². The molecule has 0 radical (unpaired) electrons. The van der Waals surface area contributed by atoms with E-state index in [1.165, 1.54) is 0 Å². The second-order valence-corrected chi connectivity index (χ2v) is 0. The molecule has 7 heteroatoms. The van der Waals surface area contributed by atoms with Crippen molar-refractivity contribution in [3.63, 3.8) is 0 Å². The molecule has 38 valence electrons. The topological polar surface area (TPSA) is 80.1 Å². The Bertz CT molecular complexity index is 14.9. The summed E-state index contributed by atoms with van der Waals surface area (Å²) in [5, 5.41) is 0. The normalized spacial score (nSPS) is 0.857. The molecule has 7 heavy (non-hydrogen) atoms. The van der Waals surface area contributed by atoms with Gasteiger partial charge in [-0.15, -0.1) is 0 Å². The maximum absolute atomic E-state index is 8.38. The van der Waals surface area contributed by atoms with Crippen molar-refractivity contribution in [2.24, 2.45) is 0 Å². The molecule has 0 atom stereocenters. The Balaban J connectivity index is -0.000000000500. The zero-order chi connectivity index (χ0) is 2.00. The van der Waals surface area contributed by atoms with Crippen molar-refractivity contribution in [1.29, 1.82) is 0 Å². The third kappa shape index (κ3) is 50.4. The van der Waals surface area contributed by atoms with Crippen LogP contribution in [0.3, 0.4) is 0 Å². The van der Waals surface area contributed by atoms with E-state index in [0.29, 0.717) is 0 Å². The predicted octanol–water partition coefficient (Wildman–Crippen LogP) is -4.79. The van der Waals surface area contributed by atoms with Crippen LogP contribution in [0.4, 0.5) is 0 Å². The molecule has 0 aromatic carbocycles. The number of rotatable bonds is 0. The van der Waals surface area contributed by atoms with Gasteiger partial charge in [0, 0.05) is 0 Å². The molecule has 0 amide bonds. The third-order valence-electron chi connectivity index (χ3n) is 0. The van der Waals surface area contributed by atoms with Gasteiger partial charge in [-0.2, -0.15) is 0 Å². The van der Waals surface area contributed by atoms with Gasteiger partial charge in [0.05, 0.1) is 0 Å². The molecule has 4 N–H and O–H groups in total. The molecule has 0 aliphatic rings. The van der Waals surface area contributed by atoms with E-state index >= 15 is 0 Å². The first-order valence-electron chi connectivity index (χ1n) is 0.289. The number of hydrogen-bond acceptors (Lipinski definition) is 1. The van der Waals surface area contributed by atoms with Crippen LogP contribution in [0.5, 0.6) is 0 Å². The quantitative estimate of drug-likeness (QED) is 0.374. The van der Waals surface area contributed by atoms with Crippen molar-refractivity contribution >= 4 is 78.2 Å². The van der Waals surface area contributed by atoms with Crippen molar-refractivity contribution in [3.05, 3.63) is 0 Å². The SMILES string of the molecule is O.O.[AlH3].[CaH2].[MgH2].[O]=[Zn]. The van der Waals surface area contributed by atoms with E-state index in [-0.39, 0.29) is 107 Å². The molecule has 3 nitrogen and oxygen atoms in total. The molecule has 0 aliphatic heterocycles. The van der Waals surface area contributed by atoms with Crippen LogP contribution in [-0.2, 0) is 21.8 Å². The molecule has 0 fully saturated rings. The molecule has 0 unspecified atom stereocenters. The van der Waals surface area contributed by atoms with Gasteiger partial charge >= 0.3 is 82.6 Å². The maximum atomic E-state index is 8.38. The Labute approximate surface area is 109 Å². The van der Waals surface area contributed by atoms with E-state index in [0.717, 1.165) is 0 Å². The Morgan fingerprint density at radius 2 is 1.00 bits per heavy atom. The van der Waals surface area contributed by atoms with Crippen LogP contribution in [0, 0.1) is 0 Å². The molecule has 0 bridgehead atoms. The zero-order valence-electron chi connectivity index (χ0n) is 2.12. The van der Waals surface area contributed by atoms with E-state index < -0.39 is 0 Å². The first-order chi connectivity index (χ1) is 1.00. The minimum absolute atomic E-state index is 0.